The minimum Gasteiger partial charge on any atom is -0.383 e. The third-order valence-electron chi connectivity index (χ3n) is 2.95. The smallest absolute Gasteiger partial charge is 0.0841 e. The molecule has 1 heterocycles. The predicted molar refractivity (Wildman–Crippen MR) is 73.9 cm³/mol. The normalized spacial score (nSPS) is 13.1. The molecule has 1 aromatic heterocycles. The van der Waals surface area contributed by atoms with E-state index in [0.717, 1.165) is 11.2 Å². The quantitative estimate of drug-likeness (QED) is 0.813. The van der Waals surface area contributed by atoms with Gasteiger partial charge in [0.2, 0.25) is 0 Å². The molecule has 0 aliphatic rings. The number of hydrogen-bond donors (Lipinski definition) is 1. The Morgan fingerprint density at radius 2 is 2.22 bits per heavy atom. The number of fused-ring (bicyclic) bond motifs is 1. The van der Waals surface area contributed by atoms with Crippen molar-refractivity contribution in [2.45, 2.75) is 12.6 Å². The molecule has 98 valence electrons. The third kappa shape index (κ3) is 2.83. The second kappa shape index (κ2) is 6.18. The molecule has 1 atom stereocenters. The standard InChI is InChI=1S/C13H18ClN3O/c1-17-13-6-4-3-5-11(13)12(16-17)8-15-10(7-14)9-18-2/h3-6,10,15H,7-9H2,1-2H3. The van der Waals surface area contributed by atoms with Gasteiger partial charge in [-0.2, -0.15) is 5.10 Å². The minimum atomic E-state index is 0.150. The average Bonchev–Trinajstić information content (AvgIpc) is 2.72. The highest BCUT2D eigenvalue weighted by atomic mass is 35.5. The van der Waals surface area contributed by atoms with E-state index in [-0.39, 0.29) is 6.04 Å². The van der Waals surface area contributed by atoms with Crippen molar-refractivity contribution in [2.75, 3.05) is 19.6 Å². The van der Waals surface area contributed by atoms with Crippen LogP contribution in [0.25, 0.3) is 10.9 Å². The highest BCUT2D eigenvalue weighted by Crippen LogP contribution is 2.17. The van der Waals surface area contributed by atoms with Crippen LogP contribution in [0, 0.1) is 0 Å². The molecule has 0 amide bonds. The molecule has 0 bridgehead atoms. The molecule has 4 nitrogen and oxygen atoms in total. The zero-order valence-corrected chi connectivity index (χ0v) is 11.4. The van der Waals surface area contributed by atoms with Crippen molar-refractivity contribution in [1.82, 2.24) is 15.1 Å². The fourth-order valence-electron chi connectivity index (χ4n) is 2.02. The Labute approximate surface area is 112 Å². The van der Waals surface area contributed by atoms with E-state index in [2.05, 4.69) is 22.5 Å². The van der Waals surface area contributed by atoms with Crippen LogP contribution < -0.4 is 5.32 Å². The van der Waals surface area contributed by atoms with E-state index in [1.807, 2.05) is 23.9 Å². The van der Waals surface area contributed by atoms with Gasteiger partial charge in [-0.3, -0.25) is 4.68 Å². The third-order valence-corrected chi connectivity index (χ3v) is 3.32. The van der Waals surface area contributed by atoms with E-state index in [1.165, 1.54) is 5.39 Å². The summed E-state index contributed by atoms with van der Waals surface area (Å²) in [6.45, 7) is 1.30. The maximum absolute atomic E-state index is 5.87. The highest BCUT2D eigenvalue weighted by Gasteiger charge is 2.10. The number of rotatable bonds is 6. The molecule has 0 saturated carbocycles. The molecule has 1 N–H and O–H groups in total. The lowest BCUT2D eigenvalue weighted by atomic mass is 10.2. The maximum Gasteiger partial charge on any atom is 0.0841 e. The number of halogens is 1. The van der Waals surface area contributed by atoms with Gasteiger partial charge in [0.25, 0.3) is 0 Å². The molecule has 2 rings (SSSR count). The molecular weight excluding hydrogens is 250 g/mol. The number of aromatic nitrogens is 2. The number of para-hydroxylation sites is 1. The van der Waals surface area contributed by atoms with E-state index >= 15 is 0 Å². The molecule has 0 fully saturated rings. The Bertz CT molecular complexity index is 512. The summed E-state index contributed by atoms with van der Waals surface area (Å²) in [7, 11) is 3.64. The van der Waals surface area contributed by atoms with E-state index in [0.29, 0.717) is 19.0 Å². The first-order chi connectivity index (χ1) is 8.76. The summed E-state index contributed by atoms with van der Waals surface area (Å²) in [5.41, 5.74) is 2.18. The van der Waals surface area contributed by atoms with E-state index in [1.54, 1.807) is 7.11 Å². The zero-order chi connectivity index (χ0) is 13.0. The molecule has 1 aromatic carbocycles. The lowest BCUT2D eigenvalue weighted by Gasteiger charge is -2.13. The van der Waals surface area contributed by atoms with Crippen LogP contribution in [0.1, 0.15) is 5.69 Å². The van der Waals surface area contributed by atoms with Crippen molar-refractivity contribution in [3.63, 3.8) is 0 Å². The summed E-state index contributed by atoms with van der Waals surface area (Å²) in [5.74, 6) is 0.526. The topological polar surface area (TPSA) is 39.1 Å². The molecule has 0 aliphatic heterocycles. The molecule has 2 aromatic rings. The number of nitrogens with zero attached hydrogens (tertiary/aromatic N) is 2. The average molecular weight is 268 g/mol. The van der Waals surface area contributed by atoms with Crippen LogP contribution >= 0.6 is 11.6 Å². The van der Waals surface area contributed by atoms with E-state index < -0.39 is 0 Å². The summed E-state index contributed by atoms with van der Waals surface area (Å²) in [5, 5.41) is 9.06. The van der Waals surface area contributed by atoms with Gasteiger partial charge in [-0.1, -0.05) is 18.2 Å². The van der Waals surface area contributed by atoms with Crippen molar-refractivity contribution in [3.05, 3.63) is 30.0 Å². The van der Waals surface area contributed by atoms with Gasteiger partial charge in [-0.05, 0) is 6.07 Å². The molecule has 0 aliphatic carbocycles. The lowest BCUT2D eigenvalue weighted by Crippen LogP contribution is -2.34. The number of nitrogens with one attached hydrogen (secondary N) is 1. The predicted octanol–water partition coefficient (Wildman–Crippen LogP) is 1.92. The van der Waals surface area contributed by atoms with Crippen LogP contribution in [0.4, 0.5) is 0 Å². The van der Waals surface area contributed by atoms with Gasteiger partial charge in [0, 0.05) is 38.0 Å². The van der Waals surface area contributed by atoms with Crippen LogP contribution in [0.5, 0.6) is 0 Å². The molecule has 1 unspecified atom stereocenters. The Kier molecular flexibility index (Phi) is 4.58. The molecule has 0 spiro atoms. The largest absolute Gasteiger partial charge is 0.383 e. The Morgan fingerprint density at radius 3 is 2.94 bits per heavy atom. The SMILES string of the molecule is COCC(CCl)NCc1nn(C)c2ccccc12. The summed E-state index contributed by atoms with van der Waals surface area (Å²) >= 11 is 5.87. The van der Waals surface area contributed by atoms with Gasteiger partial charge < -0.3 is 10.1 Å². The summed E-state index contributed by atoms with van der Waals surface area (Å²) in [4.78, 5) is 0. The lowest BCUT2D eigenvalue weighted by molar-refractivity contribution is 0.172. The Morgan fingerprint density at radius 1 is 1.44 bits per heavy atom. The minimum absolute atomic E-state index is 0.150. The van der Waals surface area contributed by atoms with Crippen LogP contribution in [-0.2, 0) is 18.3 Å². The highest BCUT2D eigenvalue weighted by molar-refractivity contribution is 6.18. The first-order valence-corrected chi connectivity index (χ1v) is 6.48. The molecule has 0 radical (unpaired) electrons. The molecule has 18 heavy (non-hydrogen) atoms. The van der Waals surface area contributed by atoms with Crippen molar-refractivity contribution in [3.8, 4) is 0 Å². The van der Waals surface area contributed by atoms with Crippen LogP contribution in [0.2, 0.25) is 0 Å². The van der Waals surface area contributed by atoms with Crippen LogP contribution in [0.3, 0.4) is 0 Å². The molecule has 0 saturated heterocycles. The second-order valence-corrected chi connectivity index (χ2v) is 4.58. The number of ether oxygens (including phenoxy) is 1. The zero-order valence-electron chi connectivity index (χ0n) is 10.7. The number of methoxy groups -OCH3 is 1. The first kappa shape index (κ1) is 13.3. The molecular formula is C13H18ClN3O. The van der Waals surface area contributed by atoms with Gasteiger partial charge in [0.15, 0.2) is 0 Å². The number of hydrogen-bond acceptors (Lipinski definition) is 3. The number of alkyl halides is 1. The van der Waals surface area contributed by atoms with Crippen molar-refractivity contribution in [2.24, 2.45) is 7.05 Å². The fourth-order valence-corrected chi connectivity index (χ4v) is 2.22. The van der Waals surface area contributed by atoms with Gasteiger partial charge in [-0.15, -0.1) is 11.6 Å². The Hall–Kier alpha value is -1.10. The fraction of sp³-hybridized carbons (Fsp3) is 0.462. The van der Waals surface area contributed by atoms with Crippen molar-refractivity contribution >= 4 is 22.5 Å². The second-order valence-electron chi connectivity index (χ2n) is 4.27. The summed E-state index contributed by atoms with van der Waals surface area (Å²) in [6.07, 6.45) is 0. The van der Waals surface area contributed by atoms with E-state index in [4.69, 9.17) is 16.3 Å². The Balaban J connectivity index is 2.12. The van der Waals surface area contributed by atoms with Crippen molar-refractivity contribution < 1.29 is 4.74 Å². The van der Waals surface area contributed by atoms with E-state index in [9.17, 15) is 0 Å². The number of aryl methyl sites for hydroxylation is 1. The summed E-state index contributed by atoms with van der Waals surface area (Å²) < 4.78 is 7.00. The van der Waals surface area contributed by atoms with Gasteiger partial charge in [0.1, 0.15) is 0 Å². The van der Waals surface area contributed by atoms with Crippen molar-refractivity contribution in [1.29, 1.82) is 0 Å². The maximum atomic E-state index is 5.87. The van der Waals surface area contributed by atoms with Crippen LogP contribution in [-0.4, -0.2) is 35.4 Å². The summed E-state index contributed by atoms with van der Waals surface area (Å²) in [6, 6.07) is 8.36. The monoisotopic (exact) mass is 267 g/mol. The molecule has 5 heteroatoms. The van der Waals surface area contributed by atoms with Gasteiger partial charge >= 0.3 is 0 Å². The number of benzene rings is 1. The van der Waals surface area contributed by atoms with Crippen LogP contribution in [0.15, 0.2) is 24.3 Å². The van der Waals surface area contributed by atoms with Gasteiger partial charge in [0.05, 0.1) is 17.8 Å². The first-order valence-electron chi connectivity index (χ1n) is 5.95. The van der Waals surface area contributed by atoms with Gasteiger partial charge in [-0.25, -0.2) is 0 Å².